The summed E-state index contributed by atoms with van der Waals surface area (Å²) >= 11 is 0. The summed E-state index contributed by atoms with van der Waals surface area (Å²) in [7, 11) is 3.37. The number of aromatic nitrogens is 1. The number of pyridine rings is 1. The number of para-hydroxylation sites is 1. The summed E-state index contributed by atoms with van der Waals surface area (Å²) in [6.45, 7) is 0.503. The van der Waals surface area contributed by atoms with Crippen molar-refractivity contribution in [1.29, 1.82) is 0 Å². The third kappa shape index (κ3) is 5.81. The van der Waals surface area contributed by atoms with E-state index in [4.69, 9.17) is 0 Å². The van der Waals surface area contributed by atoms with Crippen LogP contribution in [0, 0.1) is 0 Å². The molecule has 3 aromatic rings. The average Bonchev–Trinajstić information content (AvgIpc) is 2.83. The number of rotatable bonds is 9. The summed E-state index contributed by atoms with van der Waals surface area (Å²) in [6, 6.07) is 17.5. The van der Waals surface area contributed by atoms with E-state index in [1.807, 2.05) is 54.2 Å². The third-order valence-electron chi connectivity index (χ3n) is 5.30. The van der Waals surface area contributed by atoms with Crippen LogP contribution >= 0.6 is 0 Å². The number of carbonyl (C=O) groups excluding carboxylic acids is 1. The first kappa shape index (κ1) is 24.1. The molecule has 0 aliphatic carbocycles. The second-order valence-corrected chi connectivity index (χ2v) is 9.72. The lowest BCUT2D eigenvalue weighted by Crippen LogP contribution is -2.35. The first-order chi connectivity index (χ1) is 15.7. The van der Waals surface area contributed by atoms with Crippen molar-refractivity contribution in [3.05, 3.63) is 73.1 Å². The van der Waals surface area contributed by atoms with Gasteiger partial charge in [0.25, 0.3) is 10.0 Å². The van der Waals surface area contributed by atoms with Crippen molar-refractivity contribution in [1.82, 2.24) is 0 Å². The van der Waals surface area contributed by atoms with Gasteiger partial charge < -0.3 is 15.5 Å². The van der Waals surface area contributed by atoms with E-state index < -0.39 is 10.0 Å². The summed E-state index contributed by atoms with van der Waals surface area (Å²) in [5.41, 5.74) is 2.68. The maximum Gasteiger partial charge on any atom is 0.264 e. The van der Waals surface area contributed by atoms with Crippen LogP contribution in [0.4, 0.5) is 22.7 Å². The number of amides is 1. The van der Waals surface area contributed by atoms with Gasteiger partial charge in [0, 0.05) is 46.0 Å². The summed E-state index contributed by atoms with van der Waals surface area (Å²) in [5, 5.41) is 5.84. The van der Waals surface area contributed by atoms with Crippen LogP contribution in [0.5, 0.6) is 0 Å². The normalized spacial score (nSPS) is 11.0. The van der Waals surface area contributed by atoms with Gasteiger partial charge in [0.15, 0.2) is 18.9 Å². The van der Waals surface area contributed by atoms with Gasteiger partial charge in [-0.1, -0.05) is 18.2 Å². The van der Waals surface area contributed by atoms with E-state index in [0.29, 0.717) is 23.6 Å². The van der Waals surface area contributed by atoms with Crippen molar-refractivity contribution in [3.8, 4) is 0 Å². The molecule has 0 saturated carbocycles. The molecule has 0 bridgehead atoms. The van der Waals surface area contributed by atoms with Crippen molar-refractivity contribution >= 4 is 38.7 Å². The number of carbonyl (C=O) groups is 1. The molecule has 0 spiro atoms. The Labute approximate surface area is 195 Å². The van der Waals surface area contributed by atoms with Gasteiger partial charge >= 0.3 is 0 Å². The Hall–Kier alpha value is -3.59. The van der Waals surface area contributed by atoms with E-state index in [0.717, 1.165) is 5.69 Å². The fourth-order valence-electron chi connectivity index (χ4n) is 3.28. The molecule has 2 N–H and O–H groups in total. The smallest absolute Gasteiger partial charge is 0.264 e. The zero-order valence-corrected chi connectivity index (χ0v) is 20.1. The molecule has 0 fully saturated rings. The van der Waals surface area contributed by atoms with Gasteiger partial charge in [-0.3, -0.25) is 9.10 Å². The minimum absolute atomic E-state index is 0.0943. The number of nitrogens with one attached hydrogen (secondary N) is 2. The molecule has 2 aromatic carbocycles. The lowest BCUT2D eigenvalue weighted by Gasteiger charge is -2.20. The van der Waals surface area contributed by atoms with Crippen molar-refractivity contribution in [2.75, 3.05) is 48.0 Å². The predicted octanol–water partition coefficient (Wildman–Crippen LogP) is 2.94. The van der Waals surface area contributed by atoms with Crippen LogP contribution in [-0.4, -0.2) is 42.5 Å². The lowest BCUT2D eigenvalue weighted by molar-refractivity contribution is -0.695. The number of aryl methyl sites for hydroxylation is 1. The molecule has 9 heteroatoms. The number of sulfonamides is 1. The van der Waals surface area contributed by atoms with E-state index in [9.17, 15) is 13.2 Å². The first-order valence-electron chi connectivity index (χ1n) is 10.5. The zero-order chi connectivity index (χ0) is 24.0. The van der Waals surface area contributed by atoms with Gasteiger partial charge in [0.05, 0.1) is 28.4 Å². The zero-order valence-electron chi connectivity index (χ0n) is 19.3. The average molecular weight is 469 g/mol. The Balaban J connectivity index is 1.74. The van der Waals surface area contributed by atoms with Gasteiger partial charge in [-0.15, -0.1) is 0 Å². The molecule has 33 heavy (non-hydrogen) atoms. The maximum atomic E-state index is 13.1. The minimum Gasteiger partial charge on any atom is -0.386 e. The number of benzene rings is 2. The molecule has 0 unspecified atom stereocenters. The Kier molecular flexibility index (Phi) is 7.55. The van der Waals surface area contributed by atoms with Gasteiger partial charge in [0.2, 0.25) is 5.91 Å². The van der Waals surface area contributed by atoms with Gasteiger partial charge in [0.1, 0.15) is 0 Å². The summed E-state index contributed by atoms with van der Waals surface area (Å²) < 4.78 is 29.4. The Morgan fingerprint density at radius 3 is 2.18 bits per heavy atom. The van der Waals surface area contributed by atoms with Crippen molar-refractivity contribution in [2.45, 2.75) is 17.9 Å². The van der Waals surface area contributed by atoms with Crippen molar-refractivity contribution in [3.63, 3.8) is 0 Å². The van der Waals surface area contributed by atoms with Crippen LogP contribution in [0.1, 0.15) is 6.42 Å². The molecule has 1 amide bonds. The molecule has 0 saturated heterocycles. The summed E-state index contributed by atoms with van der Waals surface area (Å²) in [5.74, 6) is -0.207. The molecule has 0 aliphatic rings. The first-order valence-corrected chi connectivity index (χ1v) is 12.0. The summed E-state index contributed by atoms with van der Waals surface area (Å²) in [4.78, 5) is 14.7. The quantitative estimate of drug-likeness (QED) is 0.472. The number of hydrogen-bond donors (Lipinski definition) is 2. The summed E-state index contributed by atoms with van der Waals surface area (Å²) in [6.07, 6.45) is 4.10. The minimum atomic E-state index is -3.80. The third-order valence-corrected chi connectivity index (χ3v) is 7.08. The fraction of sp³-hybridized carbons (Fsp3) is 0.250. The van der Waals surface area contributed by atoms with Gasteiger partial charge in [-0.05, 0) is 30.3 Å². The highest BCUT2D eigenvalue weighted by molar-refractivity contribution is 7.92. The Morgan fingerprint density at radius 2 is 1.58 bits per heavy atom. The number of nitrogens with zero attached hydrogens (tertiary/aromatic N) is 3. The molecule has 174 valence electrons. The van der Waals surface area contributed by atoms with Crippen molar-refractivity contribution < 1.29 is 17.8 Å². The molecule has 0 aliphatic heterocycles. The molecule has 3 rings (SSSR count). The Bertz CT molecular complexity index is 1200. The molecular weight excluding hydrogens is 438 g/mol. The highest BCUT2D eigenvalue weighted by Gasteiger charge is 2.23. The molecule has 1 heterocycles. The van der Waals surface area contributed by atoms with E-state index in [1.165, 1.54) is 23.5 Å². The van der Waals surface area contributed by atoms with Gasteiger partial charge in [-0.25, -0.2) is 13.0 Å². The number of hydrogen-bond acceptors (Lipinski definition) is 5. The molecule has 0 radical (unpaired) electrons. The van der Waals surface area contributed by atoms with Crippen LogP contribution in [0.3, 0.4) is 0 Å². The monoisotopic (exact) mass is 468 g/mol. The van der Waals surface area contributed by atoms with Gasteiger partial charge in [-0.2, -0.15) is 0 Å². The highest BCUT2D eigenvalue weighted by atomic mass is 32.2. The fourth-order valence-corrected chi connectivity index (χ4v) is 4.50. The molecular formula is C24H30N5O3S+. The molecule has 1 aromatic heterocycles. The van der Waals surface area contributed by atoms with Crippen LogP contribution in [0.2, 0.25) is 0 Å². The number of anilines is 4. The predicted molar refractivity (Wildman–Crippen MR) is 132 cm³/mol. The van der Waals surface area contributed by atoms with Crippen LogP contribution in [0.25, 0.3) is 0 Å². The topological polar surface area (TPSA) is 85.6 Å². The lowest BCUT2D eigenvalue weighted by atomic mass is 10.2. The van der Waals surface area contributed by atoms with E-state index in [1.54, 1.807) is 37.4 Å². The molecule has 0 atom stereocenters. The standard InChI is InChI=1S/C24H29N5O3S/c1-25-22-11-10-21(33(31,32)28(4)20-8-6-5-7-9-20)18-23(22)26-24(30)14-17-29-15-12-19(13-16-29)27(2)3/h5-13,15-16,18,25H,14,17H2,1-4H3/p+1. The van der Waals surface area contributed by atoms with E-state index in [2.05, 4.69) is 10.6 Å². The molecule has 8 nitrogen and oxygen atoms in total. The second-order valence-electron chi connectivity index (χ2n) is 7.75. The SMILES string of the molecule is CNc1ccc(S(=O)(=O)N(C)c2ccccc2)cc1NC(=O)CC[n+]1ccc(N(C)C)cc1. The van der Waals surface area contributed by atoms with Crippen LogP contribution < -0.4 is 24.4 Å². The largest absolute Gasteiger partial charge is 0.386 e. The van der Waals surface area contributed by atoms with Crippen LogP contribution in [0.15, 0.2) is 78.0 Å². The maximum absolute atomic E-state index is 13.1. The highest BCUT2D eigenvalue weighted by Crippen LogP contribution is 2.28. The Morgan fingerprint density at radius 1 is 0.909 bits per heavy atom. The van der Waals surface area contributed by atoms with E-state index in [-0.39, 0.29) is 17.2 Å². The second kappa shape index (κ2) is 10.4. The van der Waals surface area contributed by atoms with Crippen molar-refractivity contribution in [2.24, 2.45) is 0 Å². The van der Waals surface area contributed by atoms with Crippen LogP contribution in [-0.2, 0) is 21.4 Å². The van der Waals surface area contributed by atoms with E-state index >= 15 is 0 Å².